The molecule has 1 unspecified atom stereocenters. The largest absolute Gasteiger partial charge is 0.275 e. The van der Waals surface area contributed by atoms with Gasteiger partial charge in [0, 0.05) is 19.4 Å². The smallest absolute Gasteiger partial charge is 0.125 e. The summed E-state index contributed by atoms with van der Waals surface area (Å²) in [4.78, 5) is 8.38. The van der Waals surface area contributed by atoms with E-state index in [2.05, 4.69) is 20.5 Å². The van der Waals surface area contributed by atoms with Crippen LogP contribution < -0.4 is 11.3 Å². The van der Waals surface area contributed by atoms with Gasteiger partial charge in [0.05, 0.1) is 11.4 Å². The van der Waals surface area contributed by atoms with Crippen LogP contribution in [0.15, 0.2) is 24.5 Å². The number of nitrogens with one attached hydrogen (secondary N) is 1. The minimum absolute atomic E-state index is 0.206. The molecular weight excluding hydrogens is 204 g/mol. The lowest BCUT2D eigenvalue weighted by Gasteiger charge is -2.12. The molecule has 2 rings (SSSR count). The van der Waals surface area contributed by atoms with Crippen molar-refractivity contribution in [2.45, 2.75) is 13.0 Å². The van der Waals surface area contributed by atoms with E-state index in [1.165, 1.54) is 0 Å². The molecule has 0 aliphatic carbocycles. The molecule has 3 N–H and O–H groups in total. The highest BCUT2D eigenvalue weighted by Gasteiger charge is 2.16. The number of hydrazine groups is 1. The van der Waals surface area contributed by atoms with Crippen LogP contribution >= 0.6 is 0 Å². The van der Waals surface area contributed by atoms with E-state index in [1.807, 2.05) is 32.3 Å². The van der Waals surface area contributed by atoms with Gasteiger partial charge in [0.1, 0.15) is 11.9 Å². The van der Waals surface area contributed by atoms with Crippen LogP contribution in [0.3, 0.4) is 0 Å². The second kappa shape index (κ2) is 4.38. The van der Waals surface area contributed by atoms with Crippen molar-refractivity contribution in [1.29, 1.82) is 0 Å². The van der Waals surface area contributed by atoms with Gasteiger partial charge in [-0.3, -0.25) is 10.5 Å². The monoisotopic (exact) mass is 218 g/mol. The average Bonchev–Trinajstić information content (AvgIpc) is 2.66. The van der Waals surface area contributed by atoms with Crippen LogP contribution in [0.1, 0.15) is 23.3 Å². The Bertz CT molecular complexity index is 478. The number of hydrogen-bond acceptors (Lipinski definition) is 5. The maximum atomic E-state index is 5.54. The second-order valence-corrected chi connectivity index (χ2v) is 3.54. The zero-order valence-corrected chi connectivity index (χ0v) is 9.25. The van der Waals surface area contributed by atoms with Gasteiger partial charge in [-0.25, -0.2) is 15.4 Å². The summed E-state index contributed by atoms with van der Waals surface area (Å²) >= 11 is 0. The summed E-state index contributed by atoms with van der Waals surface area (Å²) in [7, 11) is 1.86. The predicted molar refractivity (Wildman–Crippen MR) is 59.1 cm³/mol. The van der Waals surface area contributed by atoms with E-state index >= 15 is 0 Å². The quantitative estimate of drug-likeness (QED) is 0.563. The van der Waals surface area contributed by atoms with Gasteiger partial charge in [0.2, 0.25) is 0 Å². The van der Waals surface area contributed by atoms with Gasteiger partial charge < -0.3 is 0 Å². The van der Waals surface area contributed by atoms with Gasteiger partial charge in [0.15, 0.2) is 0 Å². The number of rotatable bonds is 3. The van der Waals surface area contributed by atoms with Gasteiger partial charge >= 0.3 is 0 Å². The number of hydrogen-bond donors (Lipinski definition) is 2. The summed E-state index contributed by atoms with van der Waals surface area (Å²) in [6.07, 6.45) is 3.58. The molecule has 0 bridgehead atoms. The Balaban J connectivity index is 2.36. The Morgan fingerprint density at radius 2 is 2.19 bits per heavy atom. The Morgan fingerprint density at radius 3 is 2.75 bits per heavy atom. The molecule has 1 atom stereocenters. The third kappa shape index (κ3) is 2.07. The Kier molecular flexibility index (Phi) is 2.93. The van der Waals surface area contributed by atoms with Crippen LogP contribution in [0.25, 0.3) is 0 Å². The summed E-state index contributed by atoms with van der Waals surface area (Å²) < 4.78 is 1.73. The highest BCUT2D eigenvalue weighted by Crippen LogP contribution is 2.16. The summed E-state index contributed by atoms with van der Waals surface area (Å²) in [6, 6.07) is 3.52. The number of nitrogens with zero attached hydrogens (tertiary/aromatic N) is 4. The third-order valence-corrected chi connectivity index (χ3v) is 2.29. The van der Waals surface area contributed by atoms with Gasteiger partial charge in [-0.05, 0) is 19.1 Å². The van der Waals surface area contributed by atoms with Gasteiger partial charge in [-0.1, -0.05) is 0 Å². The van der Waals surface area contributed by atoms with E-state index < -0.39 is 0 Å². The second-order valence-electron chi connectivity index (χ2n) is 3.54. The van der Waals surface area contributed by atoms with E-state index in [1.54, 1.807) is 10.9 Å². The molecule has 0 aliphatic heterocycles. The van der Waals surface area contributed by atoms with Crippen molar-refractivity contribution in [2.24, 2.45) is 12.9 Å². The molecule has 0 saturated carbocycles. The first-order chi connectivity index (χ1) is 7.70. The van der Waals surface area contributed by atoms with Crippen molar-refractivity contribution in [1.82, 2.24) is 25.2 Å². The summed E-state index contributed by atoms with van der Waals surface area (Å²) in [6.45, 7) is 1.84. The number of aromatic nitrogens is 4. The lowest BCUT2D eigenvalue weighted by atomic mass is 10.1. The predicted octanol–water partition coefficient (Wildman–Crippen LogP) is 0.0712. The molecular formula is C10H14N6. The molecule has 6 heteroatoms. The molecule has 6 nitrogen and oxygen atoms in total. The minimum Gasteiger partial charge on any atom is -0.275 e. The SMILES string of the molecule is Cc1nccc(C(NN)c2ccn(C)n2)n1. The molecule has 0 amide bonds. The minimum atomic E-state index is -0.206. The van der Waals surface area contributed by atoms with Gasteiger partial charge in [-0.2, -0.15) is 5.10 Å². The molecule has 2 aromatic heterocycles. The first-order valence-electron chi connectivity index (χ1n) is 4.96. The van der Waals surface area contributed by atoms with Gasteiger partial charge in [-0.15, -0.1) is 0 Å². The van der Waals surface area contributed by atoms with Crippen molar-refractivity contribution >= 4 is 0 Å². The highest BCUT2D eigenvalue weighted by molar-refractivity contribution is 5.19. The van der Waals surface area contributed by atoms with Crippen LogP contribution in [0.4, 0.5) is 0 Å². The zero-order valence-electron chi connectivity index (χ0n) is 9.25. The lowest BCUT2D eigenvalue weighted by Crippen LogP contribution is -2.30. The Labute approximate surface area is 93.5 Å². The molecule has 0 saturated heterocycles. The number of nitrogens with two attached hydrogens (primary N) is 1. The van der Waals surface area contributed by atoms with Crippen molar-refractivity contribution in [3.8, 4) is 0 Å². The molecule has 84 valence electrons. The summed E-state index contributed by atoms with van der Waals surface area (Å²) in [5.74, 6) is 6.25. The van der Waals surface area contributed by atoms with E-state index in [0.717, 1.165) is 11.4 Å². The molecule has 0 spiro atoms. The summed E-state index contributed by atoms with van der Waals surface area (Å²) in [5, 5.41) is 4.30. The fourth-order valence-corrected chi connectivity index (χ4v) is 1.54. The van der Waals surface area contributed by atoms with Crippen LogP contribution in [-0.2, 0) is 7.05 Å². The van der Waals surface area contributed by atoms with E-state index in [4.69, 9.17) is 5.84 Å². The molecule has 16 heavy (non-hydrogen) atoms. The van der Waals surface area contributed by atoms with Crippen molar-refractivity contribution in [3.63, 3.8) is 0 Å². The van der Waals surface area contributed by atoms with Crippen molar-refractivity contribution in [3.05, 3.63) is 41.7 Å². The first-order valence-corrected chi connectivity index (χ1v) is 4.96. The van der Waals surface area contributed by atoms with Crippen LogP contribution in [-0.4, -0.2) is 19.7 Å². The maximum Gasteiger partial charge on any atom is 0.125 e. The lowest BCUT2D eigenvalue weighted by molar-refractivity contribution is 0.587. The highest BCUT2D eigenvalue weighted by atomic mass is 15.3. The topological polar surface area (TPSA) is 81.6 Å². The molecule has 0 aromatic carbocycles. The third-order valence-electron chi connectivity index (χ3n) is 2.29. The zero-order chi connectivity index (χ0) is 11.5. The number of aryl methyl sites for hydroxylation is 2. The van der Waals surface area contributed by atoms with Gasteiger partial charge in [0.25, 0.3) is 0 Å². The van der Waals surface area contributed by atoms with Crippen LogP contribution in [0.5, 0.6) is 0 Å². The molecule has 0 fully saturated rings. The average molecular weight is 218 g/mol. The summed E-state index contributed by atoms with van der Waals surface area (Å²) in [5.41, 5.74) is 4.36. The molecule has 0 aliphatic rings. The normalized spacial score (nSPS) is 12.7. The fraction of sp³-hybridized carbons (Fsp3) is 0.300. The molecule has 2 heterocycles. The van der Waals surface area contributed by atoms with Crippen molar-refractivity contribution in [2.75, 3.05) is 0 Å². The Hall–Kier alpha value is -1.79. The maximum absolute atomic E-state index is 5.54. The van der Waals surface area contributed by atoms with E-state index in [-0.39, 0.29) is 6.04 Å². The Morgan fingerprint density at radius 1 is 1.38 bits per heavy atom. The molecule has 2 aromatic rings. The fourth-order valence-electron chi connectivity index (χ4n) is 1.54. The first kappa shape index (κ1) is 10.7. The van der Waals surface area contributed by atoms with E-state index in [0.29, 0.717) is 5.82 Å². The van der Waals surface area contributed by atoms with Crippen molar-refractivity contribution < 1.29 is 0 Å². The van der Waals surface area contributed by atoms with Crippen LogP contribution in [0, 0.1) is 6.92 Å². The molecule has 0 radical (unpaired) electrons. The standard InChI is InChI=1S/C10H14N6/c1-7-12-5-3-8(13-7)10(14-11)9-4-6-16(2)15-9/h3-6,10,14H,11H2,1-2H3. The van der Waals surface area contributed by atoms with E-state index in [9.17, 15) is 0 Å². The van der Waals surface area contributed by atoms with Crippen LogP contribution in [0.2, 0.25) is 0 Å².